The number of nitrogens with one attached hydrogen (secondary N) is 2. The van der Waals surface area contributed by atoms with E-state index in [9.17, 15) is 9.59 Å². The van der Waals surface area contributed by atoms with Gasteiger partial charge in [-0.2, -0.15) is 4.98 Å². The monoisotopic (exact) mass is 435 g/mol. The van der Waals surface area contributed by atoms with Gasteiger partial charge in [0.15, 0.2) is 11.2 Å². The first-order chi connectivity index (χ1) is 15.7. The summed E-state index contributed by atoms with van der Waals surface area (Å²) in [5, 5.41) is 6.06. The van der Waals surface area contributed by atoms with E-state index in [4.69, 9.17) is 4.42 Å². The van der Waals surface area contributed by atoms with Crippen molar-refractivity contribution in [2.24, 2.45) is 0 Å². The molecule has 2 aromatic heterocycles. The van der Waals surface area contributed by atoms with Crippen LogP contribution in [-0.2, 0) is 16.1 Å². The van der Waals surface area contributed by atoms with Gasteiger partial charge < -0.3 is 15.1 Å². The average molecular weight is 436 g/mol. The van der Waals surface area contributed by atoms with Crippen LogP contribution in [0, 0.1) is 0 Å². The zero-order chi connectivity index (χ0) is 22.2. The highest BCUT2D eigenvalue weighted by Gasteiger charge is 2.18. The SMILES string of the molecule is O=C1CCC(c2ccccc2)CCNC(=O)CN(Cc2nc3ncccc3o2)CCCN1. The number of fused-ring (bicyclic) bond motifs is 1. The summed E-state index contributed by atoms with van der Waals surface area (Å²) in [4.78, 5) is 35.6. The number of nitrogens with zero attached hydrogens (tertiary/aromatic N) is 3. The van der Waals surface area contributed by atoms with E-state index in [1.807, 2.05) is 29.2 Å². The van der Waals surface area contributed by atoms with E-state index in [0.717, 1.165) is 19.3 Å². The zero-order valence-corrected chi connectivity index (χ0v) is 18.1. The third-order valence-corrected chi connectivity index (χ3v) is 5.71. The number of benzene rings is 1. The second-order valence-corrected chi connectivity index (χ2v) is 8.13. The van der Waals surface area contributed by atoms with Gasteiger partial charge in [-0.25, -0.2) is 4.98 Å². The lowest BCUT2D eigenvalue weighted by atomic mass is 9.91. The Morgan fingerprint density at radius 2 is 1.84 bits per heavy atom. The molecular weight excluding hydrogens is 406 g/mol. The predicted octanol–water partition coefficient (Wildman–Crippen LogP) is 2.62. The van der Waals surface area contributed by atoms with Crippen LogP contribution in [0.4, 0.5) is 0 Å². The van der Waals surface area contributed by atoms with E-state index in [1.165, 1.54) is 5.56 Å². The molecule has 0 aliphatic carbocycles. The minimum Gasteiger partial charge on any atom is -0.438 e. The van der Waals surface area contributed by atoms with Crippen molar-refractivity contribution in [3.05, 3.63) is 60.1 Å². The van der Waals surface area contributed by atoms with Gasteiger partial charge >= 0.3 is 0 Å². The molecular formula is C24H29N5O3. The second-order valence-electron chi connectivity index (χ2n) is 8.13. The fraction of sp³-hybridized carbons (Fsp3) is 0.417. The van der Waals surface area contributed by atoms with Crippen molar-refractivity contribution in [2.45, 2.75) is 38.1 Å². The van der Waals surface area contributed by atoms with Crippen molar-refractivity contribution in [3.8, 4) is 0 Å². The van der Waals surface area contributed by atoms with Crippen LogP contribution in [0.2, 0.25) is 0 Å². The van der Waals surface area contributed by atoms with Gasteiger partial charge in [0.1, 0.15) is 0 Å². The Morgan fingerprint density at radius 1 is 1.00 bits per heavy atom. The molecule has 1 aliphatic rings. The van der Waals surface area contributed by atoms with Crippen LogP contribution in [0.5, 0.6) is 0 Å². The van der Waals surface area contributed by atoms with Crippen molar-refractivity contribution >= 4 is 23.0 Å². The molecule has 1 aliphatic heterocycles. The lowest BCUT2D eigenvalue weighted by Gasteiger charge is -2.22. The molecule has 0 saturated carbocycles. The molecule has 3 aromatic rings. The highest BCUT2D eigenvalue weighted by molar-refractivity contribution is 5.78. The Labute approximate surface area is 187 Å². The van der Waals surface area contributed by atoms with Crippen molar-refractivity contribution in [2.75, 3.05) is 26.2 Å². The van der Waals surface area contributed by atoms with Gasteiger partial charge in [-0.15, -0.1) is 0 Å². The van der Waals surface area contributed by atoms with E-state index in [2.05, 4.69) is 32.7 Å². The van der Waals surface area contributed by atoms with Crippen LogP contribution in [0.25, 0.3) is 11.2 Å². The number of carbonyl (C=O) groups is 2. The van der Waals surface area contributed by atoms with Crippen LogP contribution in [0.3, 0.4) is 0 Å². The summed E-state index contributed by atoms with van der Waals surface area (Å²) in [6.45, 7) is 2.44. The van der Waals surface area contributed by atoms with Gasteiger partial charge in [-0.1, -0.05) is 30.3 Å². The normalized spacial score (nSPS) is 19.8. The Hall–Kier alpha value is -3.26. The van der Waals surface area contributed by atoms with Crippen LogP contribution in [0.1, 0.15) is 43.1 Å². The van der Waals surface area contributed by atoms with Crippen LogP contribution in [-0.4, -0.2) is 52.9 Å². The quantitative estimate of drug-likeness (QED) is 0.656. The molecule has 1 fully saturated rings. The molecule has 2 N–H and O–H groups in total. The predicted molar refractivity (Wildman–Crippen MR) is 121 cm³/mol. The van der Waals surface area contributed by atoms with Gasteiger partial charge in [0.2, 0.25) is 17.7 Å². The third kappa shape index (κ3) is 6.13. The van der Waals surface area contributed by atoms with E-state index < -0.39 is 0 Å². The standard InChI is InChI=1S/C24H29N5O3/c30-21-10-9-19(18-6-2-1-3-7-18)11-14-26-22(31)16-29(15-5-13-25-21)17-23-28-24-20(32-23)8-4-12-27-24/h1-4,6-8,12,19H,5,9-11,13-17H2,(H,25,30)(H,26,31). The Bertz CT molecular complexity index is 1000. The number of aromatic nitrogens is 2. The summed E-state index contributed by atoms with van der Waals surface area (Å²) in [5.41, 5.74) is 2.40. The maximum absolute atomic E-state index is 12.6. The highest BCUT2D eigenvalue weighted by atomic mass is 16.3. The highest BCUT2D eigenvalue weighted by Crippen LogP contribution is 2.24. The third-order valence-electron chi connectivity index (χ3n) is 5.71. The molecule has 0 radical (unpaired) electrons. The van der Waals surface area contributed by atoms with Gasteiger partial charge in [-0.05, 0) is 42.9 Å². The average Bonchev–Trinajstić information content (AvgIpc) is 3.21. The number of hydrogen-bond acceptors (Lipinski definition) is 6. The molecule has 1 unspecified atom stereocenters. The van der Waals surface area contributed by atoms with E-state index in [1.54, 1.807) is 12.3 Å². The first-order valence-corrected chi connectivity index (χ1v) is 11.2. The maximum atomic E-state index is 12.6. The van der Waals surface area contributed by atoms with Gasteiger partial charge in [0.25, 0.3) is 0 Å². The molecule has 0 bridgehead atoms. The number of carbonyl (C=O) groups excluding carboxylic acids is 2. The first-order valence-electron chi connectivity index (χ1n) is 11.2. The molecule has 1 atom stereocenters. The number of oxazole rings is 1. The van der Waals surface area contributed by atoms with Crippen LogP contribution >= 0.6 is 0 Å². The number of amides is 2. The van der Waals surface area contributed by atoms with Crippen molar-refractivity contribution < 1.29 is 14.0 Å². The van der Waals surface area contributed by atoms with Crippen LogP contribution < -0.4 is 10.6 Å². The molecule has 8 heteroatoms. The molecule has 1 saturated heterocycles. The lowest BCUT2D eigenvalue weighted by Crippen LogP contribution is -2.39. The summed E-state index contributed by atoms with van der Waals surface area (Å²) >= 11 is 0. The fourth-order valence-electron chi connectivity index (χ4n) is 4.06. The summed E-state index contributed by atoms with van der Waals surface area (Å²) in [7, 11) is 0. The van der Waals surface area contributed by atoms with Crippen LogP contribution in [0.15, 0.2) is 53.1 Å². The topological polar surface area (TPSA) is 100 Å². The Morgan fingerprint density at radius 3 is 2.69 bits per heavy atom. The largest absolute Gasteiger partial charge is 0.438 e. The molecule has 0 spiro atoms. The second kappa shape index (κ2) is 10.9. The molecule has 4 rings (SSSR count). The minimum absolute atomic E-state index is 0.0212. The van der Waals surface area contributed by atoms with E-state index >= 15 is 0 Å². The number of hydrogen-bond donors (Lipinski definition) is 2. The molecule has 168 valence electrons. The smallest absolute Gasteiger partial charge is 0.234 e. The molecule has 32 heavy (non-hydrogen) atoms. The van der Waals surface area contributed by atoms with E-state index in [0.29, 0.717) is 49.7 Å². The first kappa shape index (κ1) is 22.0. The molecule has 2 amide bonds. The van der Waals surface area contributed by atoms with E-state index in [-0.39, 0.29) is 24.3 Å². The Balaban J connectivity index is 1.41. The number of rotatable bonds is 3. The molecule has 1 aromatic carbocycles. The van der Waals surface area contributed by atoms with Crippen molar-refractivity contribution in [1.82, 2.24) is 25.5 Å². The minimum atomic E-state index is -0.0212. The fourth-order valence-corrected chi connectivity index (χ4v) is 4.06. The van der Waals surface area contributed by atoms with Crippen molar-refractivity contribution in [3.63, 3.8) is 0 Å². The summed E-state index contributed by atoms with van der Waals surface area (Å²) < 4.78 is 5.78. The molecule has 8 nitrogen and oxygen atoms in total. The summed E-state index contributed by atoms with van der Waals surface area (Å²) in [6.07, 6.45) is 4.45. The summed E-state index contributed by atoms with van der Waals surface area (Å²) in [5.74, 6) is 0.810. The summed E-state index contributed by atoms with van der Waals surface area (Å²) in [6, 6.07) is 13.8. The Kier molecular flexibility index (Phi) is 7.45. The molecule has 3 heterocycles. The van der Waals surface area contributed by atoms with Gasteiger partial charge in [-0.3, -0.25) is 14.5 Å². The zero-order valence-electron chi connectivity index (χ0n) is 18.1. The maximum Gasteiger partial charge on any atom is 0.234 e. The van der Waals surface area contributed by atoms with Gasteiger partial charge in [0.05, 0.1) is 13.1 Å². The van der Waals surface area contributed by atoms with Gasteiger partial charge in [0, 0.05) is 32.3 Å². The number of pyridine rings is 1. The van der Waals surface area contributed by atoms with Crippen molar-refractivity contribution in [1.29, 1.82) is 0 Å². The lowest BCUT2D eigenvalue weighted by molar-refractivity contribution is -0.123.